The van der Waals surface area contributed by atoms with E-state index in [0.29, 0.717) is 0 Å². The van der Waals surface area contributed by atoms with Gasteiger partial charge in [-0.05, 0) is 55.6 Å². The molecule has 0 amide bonds. The third-order valence-electron chi connectivity index (χ3n) is 4.51. The molecule has 21 heavy (non-hydrogen) atoms. The van der Waals surface area contributed by atoms with Gasteiger partial charge in [-0.1, -0.05) is 74.0 Å². The van der Waals surface area contributed by atoms with Crippen LogP contribution >= 0.6 is 0 Å². The van der Waals surface area contributed by atoms with Crippen molar-refractivity contribution in [1.82, 2.24) is 0 Å². The van der Waals surface area contributed by atoms with Crippen LogP contribution in [0, 0.1) is 18.8 Å². The summed E-state index contributed by atoms with van der Waals surface area (Å²) in [5.41, 5.74) is 4.30. The summed E-state index contributed by atoms with van der Waals surface area (Å²) in [6.45, 7) is 6.89. The summed E-state index contributed by atoms with van der Waals surface area (Å²) in [6, 6.07) is 19.9. The lowest BCUT2D eigenvalue weighted by Gasteiger charge is -2.21. The molecule has 0 radical (unpaired) electrons. The Hall–Kier alpha value is -1.56. The molecule has 0 heteroatoms. The van der Waals surface area contributed by atoms with Crippen molar-refractivity contribution in [3.05, 3.63) is 71.3 Å². The van der Waals surface area contributed by atoms with Crippen molar-refractivity contribution in [1.29, 1.82) is 0 Å². The molecule has 0 fully saturated rings. The Balaban J connectivity index is 1.85. The van der Waals surface area contributed by atoms with Gasteiger partial charge in [0.2, 0.25) is 0 Å². The zero-order chi connectivity index (χ0) is 15.1. The van der Waals surface area contributed by atoms with E-state index in [1.165, 1.54) is 42.4 Å². The summed E-state index contributed by atoms with van der Waals surface area (Å²) < 4.78 is 0. The Bertz CT molecular complexity index is 507. The molecule has 0 aliphatic heterocycles. The zero-order valence-electron chi connectivity index (χ0n) is 13.7. The van der Waals surface area contributed by atoms with Crippen LogP contribution in [-0.2, 0) is 12.8 Å². The summed E-state index contributed by atoms with van der Waals surface area (Å²) in [4.78, 5) is 0. The van der Waals surface area contributed by atoms with Crippen molar-refractivity contribution in [2.45, 2.75) is 46.5 Å². The summed E-state index contributed by atoms with van der Waals surface area (Å²) in [7, 11) is 0. The van der Waals surface area contributed by atoms with Gasteiger partial charge in [0.15, 0.2) is 0 Å². The van der Waals surface area contributed by atoms with Gasteiger partial charge in [0, 0.05) is 0 Å². The molecule has 0 nitrogen and oxygen atoms in total. The monoisotopic (exact) mass is 280 g/mol. The maximum absolute atomic E-state index is 2.37. The van der Waals surface area contributed by atoms with Gasteiger partial charge in [0.05, 0.1) is 0 Å². The molecule has 0 aliphatic carbocycles. The first-order chi connectivity index (χ1) is 10.1. The normalized spacial score (nSPS) is 12.6. The molecule has 2 aromatic carbocycles. The predicted octanol–water partition coefficient (Wildman–Crippen LogP) is 5.83. The molecule has 1 unspecified atom stereocenters. The highest BCUT2D eigenvalue weighted by molar-refractivity contribution is 5.21. The smallest absolute Gasteiger partial charge is 0.0276 e. The van der Waals surface area contributed by atoms with Crippen molar-refractivity contribution in [2.24, 2.45) is 11.8 Å². The molecule has 0 saturated carbocycles. The number of aryl methyl sites for hydroxylation is 3. The fraction of sp³-hybridized carbons (Fsp3) is 0.429. The van der Waals surface area contributed by atoms with Crippen molar-refractivity contribution < 1.29 is 0 Å². The average Bonchev–Trinajstić information content (AvgIpc) is 2.49. The van der Waals surface area contributed by atoms with Gasteiger partial charge in [-0.15, -0.1) is 0 Å². The van der Waals surface area contributed by atoms with E-state index >= 15 is 0 Å². The molecular weight excluding hydrogens is 252 g/mol. The van der Waals surface area contributed by atoms with Gasteiger partial charge in [-0.3, -0.25) is 0 Å². The quantitative estimate of drug-likeness (QED) is 0.598. The Morgan fingerprint density at radius 3 is 1.76 bits per heavy atom. The minimum atomic E-state index is 0.763. The van der Waals surface area contributed by atoms with Crippen LogP contribution in [0.25, 0.3) is 0 Å². The first-order valence-electron chi connectivity index (χ1n) is 8.24. The molecule has 0 saturated heterocycles. The standard InChI is InChI=1S/C21H28/c1-17(2)21(15-13-19-7-5-4-6-8-19)16-14-20-11-9-18(3)10-12-20/h4-12,17,21H,13-16H2,1-3H3. The molecule has 0 N–H and O–H groups in total. The van der Waals surface area contributed by atoms with Crippen LogP contribution in [0.15, 0.2) is 54.6 Å². The maximum atomic E-state index is 2.37. The Morgan fingerprint density at radius 1 is 0.714 bits per heavy atom. The topological polar surface area (TPSA) is 0 Å². The Kier molecular flexibility index (Phi) is 6.04. The van der Waals surface area contributed by atoms with E-state index in [9.17, 15) is 0 Å². The Labute approximate surface area is 130 Å². The second-order valence-electron chi connectivity index (χ2n) is 6.55. The van der Waals surface area contributed by atoms with Gasteiger partial charge in [0.1, 0.15) is 0 Å². The van der Waals surface area contributed by atoms with Crippen LogP contribution in [0.3, 0.4) is 0 Å². The molecule has 1 atom stereocenters. The Morgan fingerprint density at radius 2 is 1.24 bits per heavy atom. The van der Waals surface area contributed by atoms with Crippen LogP contribution in [0.5, 0.6) is 0 Å². The third-order valence-corrected chi connectivity index (χ3v) is 4.51. The van der Waals surface area contributed by atoms with E-state index in [4.69, 9.17) is 0 Å². The number of benzene rings is 2. The number of hydrogen-bond donors (Lipinski definition) is 0. The van der Waals surface area contributed by atoms with E-state index in [0.717, 1.165) is 11.8 Å². The molecular formula is C21H28. The average molecular weight is 280 g/mol. The van der Waals surface area contributed by atoms with Gasteiger partial charge >= 0.3 is 0 Å². The van der Waals surface area contributed by atoms with Crippen molar-refractivity contribution >= 4 is 0 Å². The lowest BCUT2D eigenvalue weighted by molar-refractivity contribution is 0.337. The maximum Gasteiger partial charge on any atom is -0.0276 e. The molecule has 0 spiro atoms. The van der Waals surface area contributed by atoms with E-state index in [2.05, 4.69) is 75.4 Å². The van der Waals surface area contributed by atoms with Crippen LogP contribution < -0.4 is 0 Å². The summed E-state index contributed by atoms with van der Waals surface area (Å²) in [5.74, 6) is 1.57. The van der Waals surface area contributed by atoms with Crippen LogP contribution in [0.2, 0.25) is 0 Å². The van der Waals surface area contributed by atoms with Crippen molar-refractivity contribution in [3.63, 3.8) is 0 Å². The molecule has 112 valence electrons. The lowest BCUT2D eigenvalue weighted by atomic mass is 9.85. The summed E-state index contributed by atoms with van der Waals surface area (Å²) >= 11 is 0. The lowest BCUT2D eigenvalue weighted by Crippen LogP contribution is -2.11. The SMILES string of the molecule is Cc1ccc(CCC(CCc2ccccc2)C(C)C)cc1. The fourth-order valence-corrected chi connectivity index (χ4v) is 2.91. The van der Waals surface area contributed by atoms with E-state index in [1.807, 2.05) is 0 Å². The fourth-order valence-electron chi connectivity index (χ4n) is 2.91. The largest absolute Gasteiger partial charge is 0.0625 e. The predicted molar refractivity (Wildman–Crippen MR) is 92.6 cm³/mol. The van der Waals surface area contributed by atoms with Crippen molar-refractivity contribution in [3.8, 4) is 0 Å². The highest BCUT2D eigenvalue weighted by Crippen LogP contribution is 2.23. The molecule has 0 heterocycles. The molecule has 2 rings (SSSR count). The second-order valence-corrected chi connectivity index (χ2v) is 6.55. The summed E-state index contributed by atoms with van der Waals surface area (Å²) in [5, 5.41) is 0. The number of hydrogen-bond acceptors (Lipinski definition) is 0. The van der Waals surface area contributed by atoms with E-state index in [-0.39, 0.29) is 0 Å². The zero-order valence-corrected chi connectivity index (χ0v) is 13.7. The minimum absolute atomic E-state index is 0.763. The van der Waals surface area contributed by atoms with Crippen LogP contribution in [0.4, 0.5) is 0 Å². The van der Waals surface area contributed by atoms with E-state index in [1.54, 1.807) is 0 Å². The van der Waals surface area contributed by atoms with E-state index < -0.39 is 0 Å². The van der Waals surface area contributed by atoms with Gasteiger partial charge in [-0.2, -0.15) is 0 Å². The first kappa shape index (κ1) is 15.8. The highest BCUT2D eigenvalue weighted by Gasteiger charge is 2.13. The van der Waals surface area contributed by atoms with Crippen LogP contribution in [-0.4, -0.2) is 0 Å². The molecule has 0 bridgehead atoms. The second kappa shape index (κ2) is 8.02. The molecule has 0 aliphatic rings. The van der Waals surface area contributed by atoms with Gasteiger partial charge < -0.3 is 0 Å². The highest BCUT2D eigenvalue weighted by atomic mass is 14.2. The van der Waals surface area contributed by atoms with Gasteiger partial charge in [-0.25, -0.2) is 0 Å². The first-order valence-corrected chi connectivity index (χ1v) is 8.24. The summed E-state index contributed by atoms with van der Waals surface area (Å²) in [6.07, 6.45) is 5.01. The van der Waals surface area contributed by atoms with Crippen LogP contribution in [0.1, 0.15) is 43.4 Å². The minimum Gasteiger partial charge on any atom is -0.0625 e. The molecule has 2 aromatic rings. The number of rotatable bonds is 7. The van der Waals surface area contributed by atoms with Gasteiger partial charge in [0.25, 0.3) is 0 Å². The molecule has 0 aromatic heterocycles. The van der Waals surface area contributed by atoms with Crippen molar-refractivity contribution in [2.75, 3.05) is 0 Å². The third kappa shape index (κ3) is 5.38.